The van der Waals surface area contributed by atoms with Crippen molar-refractivity contribution in [3.63, 3.8) is 0 Å². The second kappa shape index (κ2) is 14.1. The zero-order valence-electron chi connectivity index (χ0n) is 36.8. The molecule has 62 heavy (non-hydrogen) atoms. The Kier molecular flexibility index (Phi) is 8.67. The van der Waals surface area contributed by atoms with E-state index in [1.165, 1.54) is 111 Å². The standard InChI is InChI=1S/C59H51BN2/c1-38-34-53-57-54(35-38)62(52-31-27-40-19-15-17-25-46(40)56(52)42-22-12-9-13-23-42)50-33-29-44(59(5,6)7)37-48(50)60(57)47-36-43(58(2,3)4)28-32-49(47)61(53)51-30-26-39-18-14-16-24-45(39)55(51)41-20-10-8-11-21-41/h8-37H,1-7H3. The molecule has 0 radical (unpaired) electrons. The second-order valence-electron chi connectivity index (χ2n) is 19.5. The highest BCUT2D eigenvalue weighted by Crippen LogP contribution is 2.51. The Bertz CT molecular complexity index is 3010. The highest BCUT2D eigenvalue weighted by Gasteiger charge is 2.45. The fourth-order valence-electron chi connectivity index (χ4n) is 10.3. The van der Waals surface area contributed by atoms with Crippen LogP contribution in [0.25, 0.3) is 43.8 Å². The van der Waals surface area contributed by atoms with Crippen molar-refractivity contribution in [1.29, 1.82) is 0 Å². The maximum Gasteiger partial charge on any atom is 0.252 e. The Hall–Kier alpha value is -6.84. The van der Waals surface area contributed by atoms with E-state index in [1.807, 2.05) is 0 Å². The van der Waals surface area contributed by atoms with Crippen LogP contribution in [0.5, 0.6) is 0 Å². The zero-order valence-corrected chi connectivity index (χ0v) is 36.8. The summed E-state index contributed by atoms with van der Waals surface area (Å²) in [5, 5.41) is 4.97. The maximum atomic E-state index is 2.61. The minimum atomic E-state index is -0.0408. The van der Waals surface area contributed by atoms with Crippen LogP contribution in [0.3, 0.4) is 0 Å². The molecular formula is C59H51BN2. The smallest absolute Gasteiger partial charge is 0.252 e. The first kappa shape index (κ1) is 38.1. The Balaban J connectivity index is 1.29. The molecule has 0 N–H and O–H groups in total. The Morgan fingerprint density at radius 2 is 0.758 bits per heavy atom. The predicted octanol–water partition coefficient (Wildman–Crippen LogP) is 14.3. The van der Waals surface area contributed by atoms with Crippen molar-refractivity contribution >= 4 is 78.8 Å². The second-order valence-corrected chi connectivity index (χ2v) is 19.5. The number of fused-ring (bicyclic) bond motifs is 6. The van der Waals surface area contributed by atoms with Gasteiger partial charge in [0.15, 0.2) is 0 Å². The van der Waals surface area contributed by atoms with E-state index >= 15 is 0 Å². The van der Waals surface area contributed by atoms with Gasteiger partial charge in [0.2, 0.25) is 0 Å². The molecule has 0 unspecified atom stereocenters. The molecule has 0 spiro atoms. The van der Waals surface area contributed by atoms with Crippen molar-refractivity contribution in [3.05, 3.63) is 199 Å². The lowest BCUT2D eigenvalue weighted by molar-refractivity contribution is 0.590. The third-order valence-corrected chi connectivity index (χ3v) is 13.4. The number of aryl methyl sites for hydroxylation is 1. The van der Waals surface area contributed by atoms with E-state index in [1.54, 1.807) is 0 Å². The van der Waals surface area contributed by atoms with Crippen LogP contribution in [-0.4, -0.2) is 6.71 Å². The minimum Gasteiger partial charge on any atom is -0.311 e. The molecule has 0 atom stereocenters. The van der Waals surface area contributed by atoms with E-state index in [0.29, 0.717) is 0 Å². The van der Waals surface area contributed by atoms with Gasteiger partial charge in [-0.1, -0.05) is 187 Å². The van der Waals surface area contributed by atoms with Gasteiger partial charge in [0.25, 0.3) is 6.71 Å². The average molecular weight is 799 g/mol. The zero-order chi connectivity index (χ0) is 42.5. The molecule has 2 nitrogen and oxygen atoms in total. The number of hydrogen-bond acceptors (Lipinski definition) is 2. The lowest BCUT2D eigenvalue weighted by Gasteiger charge is -2.46. The highest BCUT2D eigenvalue weighted by atomic mass is 15.2. The van der Waals surface area contributed by atoms with Crippen LogP contribution in [0.4, 0.5) is 34.1 Å². The SMILES string of the molecule is Cc1cc2c3c(c1)N(c1ccc4ccccc4c1-c1ccccc1)c1ccc(C(C)(C)C)cc1B3c1cc(C(C)(C)C)ccc1N2c1ccc2ccccc2c1-c1ccccc1. The van der Waals surface area contributed by atoms with Gasteiger partial charge in [0.1, 0.15) is 0 Å². The fraction of sp³-hybridized carbons (Fsp3) is 0.153. The van der Waals surface area contributed by atoms with Gasteiger partial charge in [0.05, 0.1) is 11.4 Å². The van der Waals surface area contributed by atoms with Gasteiger partial charge in [-0.05, 0) is 120 Å². The van der Waals surface area contributed by atoms with Crippen molar-refractivity contribution in [2.75, 3.05) is 9.80 Å². The Morgan fingerprint density at radius 3 is 1.18 bits per heavy atom. The summed E-state index contributed by atoms with van der Waals surface area (Å²) in [5.74, 6) is 0. The molecule has 2 heterocycles. The van der Waals surface area contributed by atoms with E-state index in [2.05, 4.69) is 240 Å². The monoisotopic (exact) mass is 798 g/mol. The summed E-state index contributed by atoms with van der Waals surface area (Å²) in [6, 6.07) is 68.6. The van der Waals surface area contributed by atoms with E-state index in [4.69, 9.17) is 0 Å². The molecule has 11 rings (SSSR count). The summed E-state index contributed by atoms with van der Waals surface area (Å²) >= 11 is 0. The highest BCUT2D eigenvalue weighted by molar-refractivity contribution is 7.00. The van der Waals surface area contributed by atoms with Gasteiger partial charge in [0, 0.05) is 33.9 Å². The molecule has 3 heteroatoms. The first-order valence-corrected chi connectivity index (χ1v) is 22.1. The molecular weight excluding hydrogens is 747 g/mol. The van der Waals surface area contributed by atoms with Gasteiger partial charge >= 0.3 is 0 Å². The Labute approximate surface area is 367 Å². The van der Waals surface area contributed by atoms with Crippen LogP contribution >= 0.6 is 0 Å². The van der Waals surface area contributed by atoms with Crippen LogP contribution in [0.1, 0.15) is 58.2 Å². The average Bonchev–Trinajstić information content (AvgIpc) is 3.27. The first-order valence-electron chi connectivity index (χ1n) is 22.1. The summed E-state index contributed by atoms with van der Waals surface area (Å²) < 4.78 is 0. The summed E-state index contributed by atoms with van der Waals surface area (Å²) in [6.45, 7) is 16.3. The number of nitrogens with zero attached hydrogens (tertiary/aromatic N) is 2. The summed E-state index contributed by atoms with van der Waals surface area (Å²) in [7, 11) is 0. The normalized spacial score (nSPS) is 13.3. The van der Waals surface area contributed by atoms with E-state index < -0.39 is 0 Å². The third-order valence-electron chi connectivity index (χ3n) is 13.4. The molecule has 9 aromatic carbocycles. The summed E-state index contributed by atoms with van der Waals surface area (Å²) in [6.07, 6.45) is 0. The van der Waals surface area contributed by atoms with Gasteiger partial charge in [-0.2, -0.15) is 0 Å². The summed E-state index contributed by atoms with van der Waals surface area (Å²) in [5.41, 5.74) is 20.0. The molecule has 0 aliphatic carbocycles. The van der Waals surface area contributed by atoms with Crippen molar-refractivity contribution in [1.82, 2.24) is 0 Å². The largest absolute Gasteiger partial charge is 0.311 e. The molecule has 9 aromatic rings. The predicted molar refractivity (Wildman–Crippen MR) is 268 cm³/mol. The number of rotatable bonds is 4. The van der Waals surface area contributed by atoms with Crippen LogP contribution < -0.4 is 26.2 Å². The molecule has 0 saturated heterocycles. The number of hydrogen-bond donors (Lipinski definition) is 0. The van der Waals surface area contributed by atoms with Crippen molar-refractivity contribution in [2.45, 2.75) is 59.3 Å². The molecule has 2 aliphatic rings. The third kappa shape index (κ3) is 6.01. The van der Waals surface area contributed by atoms with Crippen LogP contribution in [0.15, 0.2) is 182 Å². The number of anilines is 6. The molecule has 0 saturated carbocycles. The molecule has 0 amide bonds. The quantitative estimate of drug-likeness (QED) is 0.164. The molecule has 0 bridgehead atoms. The Morgan fingerprint density at radius 1 is 0.371 bits per heavy atom. The molecule has 300 valence electrons. The van der Waals surface area contributed by atoms with E-state index in [-0.39, 0.29) is 17.5 Å². The minimum absolute atomic E-state index is 0.00367. The van der Waals surface area contributed by atoms with Gasteiger partial charge < -0.3 is 9.80 Å². The van der Waals surface area contributed by atoms with Crippen LogP contribution in [0, 0.1) is 6.92 Å². The molecule has 2 aliphatic heterocycles. The van der Waals surface area contributed by atoms with Gasteiger partial charge in [-0.15, -0.1) is 0 Å². The fourth-order valence-corrected chi connectivity index (χ4v) is 10.3. The van der Waals surface area contributed by atoms with Crippen molar-refractivity contribution in [2.24, 2.45) is 0 Å². The van der Waals surface area contributed by atoms with Crippen LogP contribution in [-0.2, 0) is 10.8 Å². The molecule has 0 aromatic heterocycles. The maximum absolute atomic E-state index is 2.61. The van der Waals surface area contributed by atoms with E-state index in [9.17, 15) is 0 Å². The van der Waals surface area contributed by atoms with E-state index in [0.717, 1.165) is 0 Å². The summed E-state index contributed by atoms with van der Waals surface area (Å²) in [4.78, 5) is 5.21. The topological polar surface area (TPSA) is 6.48 Å². The lowest BCUT2D eigenvalue weighted by Crippen LogP contribution is -2.61. The molecule has 0 fully saturated rings. The number of benzene rings is 9. The van der Waals surface area contributed by atoms with Crippen molar-refractivity contribution < 1.29 is 0 Å². The van der Waals surface area contributed by atoms with Crippen molar-refractivity contribution in [3.8, 4) is 22.3 Å². The van der Waals surface area contributed by atoms with Crippen LogP contribution in [0.2, 0.25) is 0 Å². The lowest BCUT2D eigenvalue weighted by atomic mass is 9.33. The first-order chi connectivity index (χ1) is 30.0. The van der Waals surface area contributed by atoms with Gasteiger partial charge in [-0.3, -0.25) is 0 Å². The van der Waals surface area contributed by atoms with Gasteiger partial charge in [-0.25, -0.2) is 0 Å².